The summed E-state index contributed by atoms with van der Waals surface area (Å²) in [6.07, 6.45) is -2.93. The monoisotopic (exact) mass is 584 g/mol. The van der Waals surface area contributed by atoms with Crippen molar-refractivity contribution in [3.8, 4) is 5.75 Å². The number of sulfonamides is 1. The van der Waals surface area contributed by atoms with Crippen molar-refractivity contribution in [3.63, 3.8) is 0 Å². The van der Waals surface area contributed by atoms with Crippen molar-refractivity contribution in [3.05, 3.63) is 59.2 Å². The summed E-state index contributed by atoms with van der Waals surface area (Å²) in [5, 5.41) is 2.83. The average molecular weight is 585 g/mol. The number of carbonyl (C=O) groups is 1. The Morgan fingerprint density at radius 2 is 1.85 bits per heavy atom. The Morgan fingerprint density at radius 3 is 2.50 bits per heavy atom. The highest BCUT2D eigenvalue weighted by atomic mass is 32.2. The molecule has 2 aliphatic rings. The van der Waals surface area contributed by atoms with Crippen LogP contribution in [0.2, 0.25) is 0 Å². The third kappa shape index (κ3) is 6.27. The molecule has 2 aliphatic heterocycles. The number of amides is 1. The minimum absolute atomic E-state index is 0.00740. The maximum Gasteiger partial charge on any atom is 0.416 e. The van der Waals surface area contributed by atoms with Crippen molar-refractivity contribution in [1.29, 1.82) is 0 Å². The van der Waals surface area contributed by atoms with Crippen LogP contribution in [0.15, 0.2) is 42.5 Å². The van der Waals surface area contributed by atoms with Gasteiger partial charge in [-0.3, -0.25) is 9.10 Å². The topological polar surface area (TPSA) is 103 Å². The molecule has 2 aromatic rings. The van der Waals surface area contributed by atoms with E-state index in [0.717, 1.165) is 12.1 Å². The summed E-state index contributed by atoms with van der Waals surface area (Å²) in [6.45, 7) is 0.343. The summed E-state index contributed by atoms with van der Waals surface area (Å²) in [4.78, 5) is 13.3. The van der Waals surface area contributed by atoms with Crippen molar-refractivity contribution in [1.82, 2.24) is 0 Å². The molecule has 0 spiro atoms. The Bertz CT molecular complexity index is 1390. The molecule has 0 unspecified atom stereocenters. The molecule has 218 valence electrons. The molecule has 9 nitrogen and oxygen atoms in total. The Labute approximate surface area is 230 Å². The fraction of sp³-hybridized carbons (Fsp3) is 0.444. The van der Waals surface area contributed by atoms with Gasteiger partial charge >= 0.3 is 6.18 Å². The molecule has 1 amide bonds. The van der Waals surface area contributed by atoms with E-state index in [1.54, 1.807) is 18.2 Å². The fourth-order valence-electron chi connectivity index (χ4n) is 5.06. The zero-order chi connectivity index (χ0) is 29.1. The van der Waals surface area contributed by atoms with Crippen molar-refractivity contribution in [2.75, 3.05) is 63.1 Å². The number of rotatable bonds is 9. The fourth-order valence-corrected chi connectivity index (χ4v) is 6.56. The van der Waals surface area contributed by atoms with Crippen molar-refractivity contribution in [2.24, 2.45) is 0 Å². The van der Waals surface area contributed by atoms with Crippen LogP contribution in [0.25, 0.3) is 5.57 Å². The van der Waals surface area contributed by atoms with E-state index >= 15 is 0 Å². The lowest BCUT2D eigenvalue weighted by atomic mass is 9.86. The van der Waals surface area contributed by atoms with Crippen LogP contribution in [-0.2, 0) is 41.6 Å². The van der Waals surface area contributed by atoms with E-state index in [1.165, 1.54) is 37.8 Å². The summed E-state index contributed by atoms with van der Waals surface area (Å²) in [6, 6.07) is 8.12. The number of hydrogen-bond acceptors (Lipinski definition) is 7. The number of anilines is 2. The maximum absolute atomic E-state index is 13.4. The number of methoxy groups -OCH3 is 3. The van der Waals surface area contributed by atoms with Gasteiger partial charge < -0.3 is 24.3 Å². The second kappa shape index (κ2) is 11.8. The van der Waals surface area contributed by atoms with Gasteiger partial charge in [0.25, 0.3) is 0 Å². The molecule has 0 aromatic heterocycles. The van der Waals surface area contributed by atoms with E-state index in [-0.39, 0.29) is 50.7 Å². The van der Waals surface area contributed by atoms with Gasteiger partial charge in [0.2, 0.25) is 15.9 Å². The molecule has 0 radical (unpaired) electrons. The molecule has 2 heterocycles. The van der Waals surface area contributed by atoms with Gasteiger partial charge in [-0.25, -0.2) is 8.42 Å². The Hall–Kier alpha value is -3.13. The zero-order valence-electron chi connectivity index (χ0n) is 22.3. The molecular formula is C27H31F3N2O7S. The zero-order valence-corrected chi connectivity index (χ0v) is 23.2. The number of halogens is 3. The van der Waals surface area contributed by atoms with Crippen LogP contribution >= 0.6 is 0 Å². The predicted molar refractivity (Wildman–Crippen MR) is 143 cm³/mol. The molecule has 13 heteroatoms. The van der Waals surface area contributed by atoms with E-state index in [0.29, 0.717) is 28.1 Å². The van der Waals surface area contributed by atoms with E-state index in [9.17, 15) is 26.4 Å². The minimum Gasteiger partial charge on any atom is -0.481 e. The molecule has 1 N–H and O–H groups in total. The second-order valence-electron chi connectivity index (χ2n) is 9.63. The second-order valence-corrected chi connectivity index (χ2v) is 11.6. The summed E-state index contributed by atoms with van der Waals surface area (Å²) in [7, 11) is 0.818. The van der Waals surface area contributed by atoms with Crippen LogP contribution < -0.4 is 14.4 Å². The Kier molecular flexibility index (Phi) is 8.78. The number of alkyl halides is 3. The SMILES string of the molecule is COCCN1c2cccc(NC(=O)C=C3CC(COC)(COC)Oc4cc(C(F)(F)F)ccc43)c2CCS1(=O)=O. The number of nitrogens with one attached hydrogen (secondary N) is 1. The van der Waals surface area contributed by atoms with E-state index in [1.807, 2.05) is 0 Å². The van der Waals surface area contributed by atoms with Crippen LogP contribution in [0.5, 0.6) is 5.75 Å². The molecule has 0 saturated heterocycles. The highest BCUT2D eigenvalue weighted by molar-refractivity contribution is 7.92. The first kappa shape index (κ1) is 29.8. The molecule has 0 fully saturated rings. The third-order valence-electron chi connectivity index (χ3n) is 6.74. The first-order chi connectivity index (χ1) is 18.9. The van der Waals surface area contributed by atoms with Crippen molar-refractivity contribution in [2.45, 2.75) is 24.6 Å². The first-order valence-corrected chi connectivity index (χ1v) is 14.1. The molecular weight excluding hydrogens is 553 g/mol. The lowest BCUT2D eigenvalue weighted by Crippen LogP contribution is -2.47. The number of ether oxygens (including phenoxy) is 4. The normalized spacial score (nSPS) is 18.6. The van der Waals surface area contributed by atoms with E-state index in [4.69, 9.17) is 18.9 Å². The molecule has 0 saturated carbocycles. The van der Waals surface area contributed by atoms with Crippen LogP contribution in [-0.4, -0.2) is 73.4 Å². The lowest BCUT2D eigenvalue weighted by Gasteiger charge is -2.39. The Morgan fingerprint density at radius 1 is 1.12 bits per heavy atom. The highest BCUT2D eigenvalue weighted by Gasteiger charge is 2.41. The molecule has 0 bridgehead atoms. The molecule has 0 aliphatic carbocycles. The van der Waals surface area contributed by atoms with Gasteiger partial charge in [0, 0.05) is 50.6 Å². The van der Waals surface area contributed by atoms with Crippen LogP contribution in [0.1, 0.15) is 23.1 Å². The van der Waals surface area contributed by atoms with Crippen LogP contribution in [0.4, 0.5) is 24.5 Å². The molecule has 40 heavy (non-hydrogen) atoms. The largest absolute Gasteiger partial charge is 0.481 e. The van der Waals surface area contributed by atoms with Crippen LogP contribution in [0, 0.1) is 0 Å². The number of benzene rings is 2. The molecule has 0 atom stereocenters. The quantitative estimate of drug-likeness (QED) is 0.447. The smallest absolute Gasteiger partial charge is 0.416 e. The number of hydrogen-bond donors (Lipinski definition) is 1. The van der Waals surface area contributed by atoms with Gasteiger partial charge in [-0.15, -0.1) is 0 Å². The molecule has 4 rings (SSSR count). The van der Waals surface area contributed by atoms with Gasteiger partial charge in [-0.05, 0) is 36.3 Å². The third-order valence-corrected chi connectivity index (χ3v) is 8.51. The number of nitrogens with zero attached hydrogens (tertiary/aromatic N) is 1. The summed E-state index contributed by atoms with van der Waals surface area (Å²) >= 11 is 0. The van der Waals surface area contributed by atoms with Gasteiger partial charge in [-0.1, -0.05) is 12.1 Å². The maximum atomic E-state index is 13.4. The minimum atomic E-state index is -4.58. The van der Waals surface area contributed by atoms with Gasteiger partial charge in [-0.2, -0.15) is 13.2 Å². The van der Waals surface area contributed by atoms with Gasteiger partial charge in [0.15, 0.2) is 5.60 Å². The summed E-state index contributed by atoms with van der Waals surface area (Å²) in [5.41, 5.74) is 0.309. The molecule has 2 aromatic carbocycles. The van der Waals surface area contributed by atoms with Gasteiger partial charge in [0.05, 0.1) is 43.4 Å². The number of fused-ring (bicyclic) bond motifs is 2. The standard InChI is InChI=1S/C27H31F3N2O7S/c1-36-11-10-32-23-6-4-5-22(21(23)9-12-40(32,34)35)31-25(33)13-18-15-26(16-37-2,17-38-3)39-24-14-19(27(28,29)30)7-8-20(18)24/h4-8,13-14H,9-12,15-17H2,1-3H3,(H,31,33). The Balaban J connectivity index is 1.70. The van der Waals surface area contributed by atoms with Crippen molar-refractivity contribution >= 4 is 32.9 Å². The predicted octanol–water partition coefficient (Wildman–Crippen LogP) is 3.88. The van der Waals surface area contributed by atoms with Crippen LogP contribution in [0.3, 0.4) is 0 Å². The summed E-state index contributed by atoms with van der Waals surface area (Å²) < 4.78 is 88.7. The number of carbonyl (C=O) groups excluding carboxylic acids is 1. The van der Waals surface area contributed by atoms with E-state index < -0.39 is 33.3 Å². The summed E-state index contributed by atoms with van der Waals surface area (Å²) in [5.74, 6) is -0.692. The average Bonchev–Trinajstić information content (AvgIpc) is 2.87. The lowest BCUT2D eigenvalue weighted by molar-refractivity contribution is -0.138. The van der Waals surface area contributed by atoms with E-state index in [2.05, 4.69) is 5.32 Å². The van der Waals surface area contributed by atoms with Crippen molar-refractivity contribution < 1.29 is 45.3 Å². The highest BCUT2D eigenvalue weighted by Crippen LogP contribution is 2.44. The first-order valence-electron chi connectivity index (χ1n) is 12.4. The van der Waals surface area contributed by atoms with Gasteiger partial charge in [0.1, 0.15) is 5.75 Å².